The lowest BCUT2D eigenvalue weighted by Crippen LogP contribution is -2.53. The Morgan fingerprint density at radius 1 is 1.39 bits per heavy atom. The van der Waals surface area contributed by atoms with Crippen molar-refractivity contribution >= 4 is 0 Å². The Hall–Kier alpha value is -0.120. The summed E-state index contributed by atoms with van der Waals surface area (Å²) in [6.45, 7) is 6.55. The highest BCUT2D eigenvalue weighted by Gasteiger charge is 2.45. The van der Waals surface area contributed by atoms with Crippen LogP contribution < -0.4 is 0 Å². The van der Waals surface area contributed by atoms with Gasteiger partial charge in [-0.25, -0.2) is 0 Å². The average molecular weight is 256 g/mol. The highest BCUT2D eigenvalue weighted by atomic mass is 16.5. The predicted molar refractivity (Wildman–Crippen MR) is 71.5 cm³/mol. The largest absolute Gasteiger partial charge is 0.390 e. The van der Waals surface area contributed by atoms with Crippen LogP contribution in [-0.4, -0.2) is 36.6 Å². The molecule has 4 atom stereocenters. The maximum atomic E-state index is 10.8. The van der Waals surface area contributed by atoms with Crippen LogP contribution in [0, 0.1) is 11.8 Å². The van der Waals surface area contributed by atoms with E-state index in [0.717, 1.165) is 32.3 Å². The lowest BCUT2D eigenvalue weighted by atomic mass is 9.71. The zero-order valence-electron chi connectivity index (χ0n) is 11.9. The van der Waals surface area contributed by atoms with Crippen molar-refractivity contribution < 1.29 is 14.6 Å². The highest BCUT2D eigenvalue weighted by Crippen LogP contribution is 2.41. The predicted octanol–water partition coefficient (Wildman–Crippen LogP) is 2.76. The molecule has 0 amide bonds. The second-order valence-electron chi connectivity index (χ2n) is 6.12. The summed E-state index contributed by atoms with van der Waals surface area (Å²) in [6, 6.07) is 0. The van der Waals surface area contributed by atoms with Gasteiger partial charge in [-0.2, -0.15) is 0 Å². The molecule has 0 spiro atoms. The van der Waals surface area contributed by atoms with E-state index in [4.69, 9.17) is 9.47 Å². The molecule has 1 saturated carbocycles. The van der Waals surface area contributed by atoms with E-state index in [-0.39, 0.29) is 17.6 Å². The van der Waals surface area contributed by atoms with Crippen molar-refractivity contribution in [2.24, 2.45) is 11.8 Å². The molecule has 2 rings (SSSR count). The molecule has 0 radical (unpaired) electrons. The fourth-order valence-electron chi connectivity index (χ4n) is 3.76. The van der Waals surface area contributed by atoms with Gasteiger partial charge in [0.25, 0.3) is 0 Å². The van der Waals surface area contributed by atoms with Gasteiger partial charge in [0.05, 0.1) is 18.3 Å². The summed E-state index contributed by atoms with van der Waals surface area (Å²) in [5, 5.41) is 10.8. The van der Waals surface area contributed by atoms with Crippen LogP contribution in [0.25, 0.3) is 0 Å². The third-order valence-corrected chi connectivity index (χ3v) is 4.60. The molecule has 1 aliphatic heterocycles. The topological polar surface area (TPSA) is 38.7 Å². The number of hydrogen-bond donors (Lipinski definition) is 1. The molecule has 0 aromatic heterocycles. The zero-order valence-corrected chi connectivity index (χ0v) is 11.9. The van der Waals surface area contributed by atoms with Gasteiger partial charge < -0.3 is 14.6 Å². The molecule has 3 heteroatoms. The van der Waals surface area contributed by atoms with Crippen LogP contribution in [0.15, 0.2) is 0 Å². The molecule has 0 bridgehead atoms. The Labute approximate surface area is 111 Å². The molecular weight excluding hydrogens is 228 g/mol. The maximum Gasteiger partial charge on any atom is 0.0946 e. The van der Waals surface area contributed by atoms with E-state index >= 15 is 0 Å². The van der Waals surface area contributed by atoms with Crippen LogP contribution >= 0.6 is 0 Å². The molecule has 1 heterocycles. The van der Waals surface area contributed by atoms with Crippen molar-refractivity contribution in [2.75, 3.05) is 19.8 Å². The van der Waals surface area contributed by atoms with Gasteiger partial charge in [0, 0.05) is 19.1 Å². The average Bonchev–Trinajstić information content (AvgIpc) is 2.39. The normalized spacial score (nSPS) is 39.5. The first-order chi connectivity index (χ1) is 8.68. The third kappa shape index (κ3) is 3.06. The summed E-state index contributed by atoms with van der Waals surface area (Å²) >= 11 is 0. The van der Waals surface area contributed by atoms with E-state index in [1.807, 2.05) is 6.92 Å². The number of ether oxygens (including phenoxy) is 2. The second-order valence-corrected chi connectivity index (χ2v) is 6.12. The van der Waals surface area contributed by atoms with Crippen molar-refractivity contribution in [3.05, 3.63) is 0 Å². The Balaban J connectivity index is 2.06. The minimum atomic E-state index is -0.361. The van der Waals surface area contributed by atoms with Crippen LogP contribution in [-0.2, 0) is 9.47 Å². The number of rotatable bonds is 4. The van der Waals surface area contributed by atoms with Crippen LogP contribution in [0.3, 0.4) is 0 Å². The van der Waals surface area contributed by atoms with E-state index in [1.54, 1.807) is 0 Å². The number of aliphatic hydroxyl groups is 1. The van der Waals surface area contributed by atoms with Crippen molar-refractivity contribution in [3.8, 4) is 0 Å². The van der Waals surface area contributed by atoms with Gasteiger partial charge in [-0.1, -0.05) is 19.8 Å². The summed E-state index contributed by atoms with van der Waals surface area (Å²) < 4.78 is 11.6. The fourth-order valence-corrected chi connectivity index (χ4v) is 3.76. The van der Waals surface area contributed by atoms with E-state index in [9.17, 15) is 5.11 Å². The molecular formula is C15H28O3. The molecule has 2 aliphatic rings. The fraction of sp³-hybridized carbons (Fsp3) is 1.00. The first-order valence-corrected chi connectivity index (χ1v) is 7.57. The lowest BCUT2D eigenvalue weighted by molar-refractivity contribution is -0.176. The van der Waals surface area contributed by atoms with Crippen molar-refractivity contribution in [1.29, 1.82) is 0 Å². The summed E-state index contributed by atoms with van der Waals surface area (Å²) in [5.41, 5.74) is -0.308. The third-order valence-electron chi connectivity index (χ3n) is 4.60. The van der Waals surface area contributed by atoms with Gasteiger partial charge in [-0.15, -0.1) is 0 Å². The van der Waals surface area contributed by atoms with Crippen LogP contribution in [0.1, 0.15) is 52.4 Å². The molecule has 18 heavy (non-hydrogen) atoms. The van der Waals surface area contributed by atoms with Gasteiger partial charge in [0.15, 0.2) is 0 Å². The van der Waals surface area contributed by atoms with E-state index in [0.29, 0.717) is 19.1 Å². The van der Waals surface area contributed by atoms with Gasteiger partial charge in [-0.3, -0.25) is 0 Å². The Morgan fingerprint density at radius 3 is 2.83 bits per heavy atom. The van der Waals surface area contributed by atoms with E-state index < -0.39 is 0 Å². The van der Waals surface area contributed by atoms with Crippen LogP contribution in [0.5, 0.6) is 0 Å². The Morgan fingerprint density at radius 2 is 2.22 bits per heavy atom. The van der Waals surface area contributed by atoms with Gasteiger partial charge in [-0.05, 0) is 38.5 Å². The summed E-state index contributed by atoms with van der Waals surface area (Å²) in [7, 11) is 0. The molecule has 0 aromatic carbocycles. The molecule has 1 aliphatic carbocycles. The molecule has 1 saturated heterocycles. The van der Waals surface area contributed by atoms with Crippen LogP contribution in [0.2, 0.25) is 0 Å². The van der Waals surface area contributed by atoms with Gasteiger partial charge >= 0.3 is 0 Å². The SMILES string of the molecule is CCOC1(C(O)C2CCCOC2)CCCC(C)C1. The Kier molecular flexibility index (Phi) is 5.05. The van der Waals surface area contributed by atoms with E-state index in [1.165, 1.54) is 12.8 Å². The quantitative estimate of drug-likeness (QED) is 0.840. The van der Waals surface area contributed by atoms with Crippen molar-refractivity contribution in [3.63, 3.8) is 0 Å². The van der Waals surface area contributed by atoms with Gasteiger partial charge in [0.2, 0.25) is 0 Å². The molecule has 2 fully saturated rings. The van der Waals surface area contributed by atoms with Crippen LogP contribution in [0.4, 0.5) is 0 Å². The molecule has 1 N–H and O–H groups in total. The molecule has 106 valence electrons. The number of hydrogen-bond acceptors (Lipinski definition) is 3. The van der Waals surface area contributed by atoms with Crippen molar-refractivity contribution in [2.45, 2.75) is 64.1 Å². The first-order valence-electron chi connectivity index (χ1n) is 7.57. The summed E-state index contributed by atoms with van der Waals surface area (Å²) in [6.07, 6.45) is 6.22. The highest BCUT2D eigenvalue weighted by molar-refractivity contribution is 4.96. The Bertz CT molecular complexity index is 246. The lowest BCUT2D eigenvalue weighted by Gasteiger charge is -2.46. The minimum absolute atomic E-state index is 0.260. The minimum Gasteiger partial charge on any atom is -0.390 e. The zero-order chi connectivity index (χ0) is 13.0. The van der Waals surface area contributed by atoms with E-state index in [2.05, 4.69) is 6.92 Å². The summed E-state index contributed by atoms with van der Waals surface area (Å²) in [5.74, 6) is 0.917. The maximum absolute atomic E-state index is 10.8. The number of aliphatic hydroxyl groups excluding tert-OH is 1. The second kappa shape index (κ2) is 6.36. The standard InChI is InChI=1S/C15H28O3/c1-3-18-15(8-4-6-12(2)10-15)14(16)13-7-5-9-17-11-13/h12-14,16H,3-11H2,1-2H3. The monoisotopic (exact) mass is 256 g/mol. The first kappa shape index (κ1) is 14.3. The van der Waals surface area contributed by atoms with Gasteiger partial charge in [0.1, 0.15) is 0 Å². The smallest absolute Gasteiger partial charge is 0.0946 e. The molecule has 3 nitrogen and oxygen atoms in total. The summed E-state index contributed by atoms with van der Waals surface area (Å²) in [4.78, 5) is 0. The molecule has 0 aromatic rings. The molecule has 4 unspecified atom stereocenters. The van der Waals surface area contributed by atoms with Crippen molar-refractivity contribution in [1.82, 2.24) is 0 Å².